The predicted octanol–water partition coefficient (Wildman–Crippen LogP) is 2.22. The van der Waals surface area contributed by atoms with Gasteiger partial charge in [-0.25, -0.2) is 0 Å². The normalized spacial score (nSPS) is 30.1. The highest BCUT2D eigenvalue weighted by atomic mass is 32.1. The Morgan fingerprint density at radius 3 is 2.80 bits per heavy atom. The highest BCUT2D eigenvalue weighted by Gasteiger charge is 2.21. The summed E-state index contributed by atoms with van der Waals surface area (Å²) in [6, 6.07) is 0. The van der Waals surface area contributed by atoms with Crippen LogP contribution in [0, 0.1) is 5.92 Å². The molecule has 0 radical (unpaired) electrons. The third kappa shape index (κ3) is 5.54. The standard InChI is InChI=1S/C15H28N2O2S/c1-12-5-2-3-7-14(12)19-10-8-16-15(20)17-11-13-6-4-9-18-13/h12-14H,2-11H2,1H3,(H2,16,17,20)/t12-,13+,14+/m1/s1. The molecule has 0 spiro atoms. The van der Waals surface area contributed by atoms with Crippen molar-refractivity contribution in [2.75, 3.05) is 26.3 Å². The molecule has 1 saturated heterocycles. The van der Waals surface area contributed by atoms with E-state index in [2.05, 4.69) is 17.6 Å². The van der Waals surface area contributed by atoms with Gasteiger partial charge in [-0.1, -0.05) is 19.8 Å². The number of ether oxygens (including phenoxy) is 2. The van der Waals surface area contributed by atoms with E-state index in [9.17, 15) is 0 Å². The first-order valence-corrected chi connectivity index (χ1v) is 8.41. The predicted molar refractivity (Wildman–Crippen MR) is 84.9 cm³/mol. The quantitative estimate of drug-likeness (QED) is 0.582. The first kappa shape index (κ1) is 16.0. The maximum atomic E-state index is 5.95. The number of nitrogens with one attached hydrogen (secondary N) is 2. The molecule has 0 aromatic rings. The second-order valence-electron chi connectivity index (χ2n) is 5.94. The molecule has 2 aliphatic rings. The van der Waals surface area contributed by atoms with Crippen LogP contribution in [0.25, 0.3) is 0 Å². The van der Waals surface area contributed by atoms with Crippen LogP contribution in [0.2, 0.25) is 0 Å². The lowest BCUT2D eigenvalue weighted by molar-refractivity contribution is -0.00199. The maximum Gasteiger partial charge on any atom is 0.166 e. The molecule has 5 heteroatoms. The van der Waals surface area contributed by atoms with Gasteiger partial charge in [0.1, 0.15) is 0 Å². The summed E-state index contributed by atoms with van der Waals surface area (Å²) < 4.78 is 11.5. The van der Waals surface area contributed by atoms with Crippen LogP contribution in [0.15, 0.2) is 0 Å². The summed E-state index contributed by atoms with van der Waals surface area (Å²) in [5.74, 6) is 0.702. The smallest absolute Gasteiger partial charge is 0.166 e. The van der Waals surface area contributed by atoms with Crippen molar-refractivity contribution >= 4 is 17.3 Å². The van der Waals surface area contributed by atoms with Gasteiger partial charge in [0.05, 0.1) is 18.8 Å². The molecule has 0 unspecified atom stereocenters. The van der Waals surface area contributed by atoms with Crippen molar-refractivity contribution in [2.24, 2.45) is 5.92 Å². The van der Waals surface area contributed by atoms with Crippen LogP contribution in [-0.2, 0) is 9.47 Å². The molecule has 1 heterocycles. The van der Waals surface area contributed by atoms with Crippen LogP contribution >= 0.6 is 12.2 Å². The SMILES string of the molecule is C[C@@H]1CCCC[C@@H]1OCCNC(=S)NC[C@@H]1CCCO1. The summed E-state index contributed by atoms with van der Waals surface area (Å²) in [6.07, 6.45) is 8.26. The number of rotatable bonds is 6. The van der Waals surface area contributed by atoms with E-state index in [1.165, 1.54) is 32.1 Å². The average molecular weight is 300 g/mol. The third-order valence-corrected chi connectivity index (χ3v) is 4.56. The molecule has 1 aliphatic heterocycles. The van der Waals surface area contributed by atoms with Gasteiger partial charge >= 0.3 is 0 Å². The van der Waals surface area contributed by atoms with Gasteiger partial charge in [0, 0.05) is 19.7 Å². The Morgan fingerprint density at radius 1 is 1.20 bits per heavy atom. The Bertz CT molecular complexity index is 296. The maximum absolute atomic E-state index is 5.95. The molecule has 1 aliphatic carbocycles. The molecule has 2 fully saturated rings. The monoisotopic (exact) mass is 300 g/mol. The zero-order chi connectivity index (χ0) is 14.2. The topological polar surface area (TPSA) is 42.5 Å². The lowest BCUT2D eigenvalue weighted by atomic mass is 9.88. The Kier molecular flexibility index (Phi) is 7.03. The van der Waals surface area contributed by atoms with E-state index in [1.807, 2.05) is 0 Å². The Labute approximate surface area is 128 Å². The molecule has 3 atom stereocenters. The lowest BCUT2D eigenvalue weighted by Crippen LogP contribution is -2.41. The second-order valence-corrected chi connectivity index (χ2v) is 6.35. The molecular formula is C15H28N2O2S. The van der Waals surface area contributed by atoms with Gasteiger partial charge in [-0.3, -0.25) is 0 Å². The molecule has 20 heavy (non-hydrogen) atoms. The Balaban J connectivity index is 1.48. The first-order valence-electron chi connectivity index (χ1n) is 8.00. The summed E-state index contributed by atoms with van der Waals surface area (Å²) in [4.78, 5) is 0. The van der Waals surface area contributed by atoms with Gasteiger partial charge < -0.3 is 20.1 Å². The highest BCUT2D eigenvalue weighted by Crippen LogP contribution is 2.25. The first-order chi connectivity index (χ1) is 9.75. The molecular weight excluding hydrogens is 272 g/mol. The average Bonchev–Trinajstić information content (AvgIpc) is 2.96. The number of hydrogen-bond donors (Lipinski definition) is 2. The Hall–Kier alpha value is -0.390. The summed E-state index contributed by atoms with van der Waals surface area (Å²) in [6.45, 7) is 5.51. The van der Waals surface area contributed by atoms with E-state index in [-0.39, 0.29) is 0 Å². The molecule has 4 nitrogen and oxygen atoms in total. The molecule has 2 N–H and O–H groups in total. The fraction of sp³-hybridized carbons (Fsp3) is 0.933. The summed E-state index contributed by atoms with van der Waals surface area (Å²) in [5.41, 5.74) is 0. The molecule has 0 amide bonds. The van der Waals surface area contributed by atoms with Crippen molar-refractivity contribution in [2.45, 2.75) is 57.7 Å². The lowest BCUT2D eigenvalue weighted by Gasteiger charge is -2.28. The van der Waals surface area contributed by atoms with E-state index in [0.29, 0.717) is 23.2 Å². The van der Waals surface area contributed by atoms with E-state index >= 15 is 0 Å². The van der Waals surface area contributed by atoms with Crippen molar-refractivity contribution in [3.05, 3.63) is 0 Å². The van der Waals surface area contributed by atoms with Crippen LogP contribution in [0.1, 0.15) is 45.4 Å². The third-order valence-electron chi connectivity index (χ3n) is 4.27. The zero-order valence-electron chi connectivity index (χ0n) is 12.5. The number of thiocarbonyl (C=S) groups is 1. The molecule has 116 valence electrons. The van der Waals surface area contributed by atoms with Crippen LogP contribution in [0.4, 0.5) is 0 Å². The van der Waals surface area contributed by atoms with Crippen LogP contribution < -0.4 is 10.6 Å². The van der Waals surface area contributed by atoms with Gasteiger partial charge in [0.2, 0.25) is 0 Å². The van der Waals surface area contributed by atoms with Gasteiger partial charge in [0.25, 0.3) is 0 Å². The fourth-order valence-corrected chi connectivity index (χ4v) is 3.16. The Morgan fingerprint density at radius 2 is 2.05 bits per heavy atom. The highest BCUT2D eigenvalue weighted by molar-refractivity contribution is 7.80. The van der Waals surface area contributed by atoms with Gasteiger partial charge in [-0.15, -0.1) is 0 Å². The van der Waals surface area contributed by atoms with Crippen LogP contribution in [-0.4, -0.2) is 43.6 Å². The van der Waals surface area contributed by atoms with E-state index in [1.54, 1.807) is 0 Å². The summed E-state index contributed by atoms with van der Waals surface area (Å²) in [5, 5.41) is 7.12. The molecule has 2 rings (SSSR count). The van der Waals surface area contributed by atoms with Crippen LogP contribution in [0.3, 0.4) is 0 Å². The fourth-order valence-electron chi connectivity index (χ4n) is 2.98. The van der Waals surface area contributed by atoms with Gasteiger partial charge in [-0.05, 0) is 43.8 Å². The van der Waals surface area contributed by atoms with Crippen molar-refractivity contribution in [1.29, 1.82) is 0 Å². The summed E-state index contributed by atoms with van der Waals surface area (Å²) in [7, 11) is 0. The minimum absolute atomic E-state index is 0.328. The largest absolute Gasteiger partial charge is 0.376 e. The molecule has 0 aromatic carbocycles. The number of hydrogen-bond acceptors (Lipinski definition) is 3. The minimum atomic E-state index is 0.328. The summed E-state index contributed by atoms with van der Waals surface area (Å²) >= 11 is 5.25. The van der Waals surface area contributed by atoms with E-state index in [0.717, 1.165) is 32.7 Å². The van der Waals surface area contributed by atoms with Gasteiger partial charge in [-0.2, -0.15) is 0 Å². The molecule has 0 aromatic heterocycles. The second kappa shape index (κ2) is 8.80. The van der Waals surface area contributed by atoms with Crippen molar-refractivity contribution < 1.29 is 9.47 Å². The van der Waals surface area contributed by atoms with Crippen molar-refractivity contribution in [3.63, 3.8) is 0 Å². The van der Waals surface area contributed by atoms with Gasteiger partial charge in [0.15, 0.2) is 5.11 Å². The molecule has 0 bridgehead atoms. The molecule has 1 saturated carbocycles. The van der Waals surface area contributed by atoms with Crippen molar-refractivity contribution in [3.8, 4) is 0 Å². The van der Waals surface area contributed by atoms with Crippen molar-refractivity contribution in [1.82, 2.24) is 10.6 Å². The van der Waals surface area contributed by atoms with E-state index in [4.69, 9.17) is 21.7 Å². The van der Waals surface area contributed by atoms with E-state index < -0.39 is 0 Å². The minimum Gasteiger partial charge on any atom is -0.376 e. The van der Waals surface area contributed by atoms with Crippen LogP contribution in [0.5, 0.6) is 0 Å². The zero-order valence-corrected chi connectivity index (χ0v) is 13.3.